The average molecular weight is 896 g/mol. The van der Waals surface area contributed by atoms with Crippen molar-refractivity contribution in [2.75, 3.05) is 6.61 Å². The van der Waals surface area contributed by atoms with E-state index in [4.69, 9.17) is 4.74 Å². The summed E-state index contributed by atoms with van der Waals surface area (Å²) >= 11 is 0. The fourth-order valence-corrected chi connectivity index (χ4v) is 8.23. The molecular formula is C58H105NO5. The number of hydrogen-bond donors (Lipinski definition) is 3. The minimum atomic E-state index is -0.797. The molecule has 0 aliphatic rings. The highest BCUT2D eigenvalue weighted by Crippen LogP contribution is 2.18. The van der Waals surface area contributed by atoms with Crippen molar-refractivity contribution in [2.24, 2.45) is 0 Å². The summed E-state index contributed by atoms with van der Waals surface area (Å²) in [7, 11) is 0. The lowest BCUT2D eigenvalue weighted by Gasteiger charge is -2.24. The highest BCUT2D eigenvalue weighted by atomic mass is 16.5. The van der Waals surface area contributed by atoms with E-state index in [-0.39, 0.29) is 24.9 Å². The second-order valence-corrected chi connectivity index (χ2v) is 18.6. The Labute approximate surface area is 397 Å². The molecule has 0 rings (SSSR count). The summed E-state index contributed by atoms with van der Waals surface area (Å²) in [4.78, 5) is 26.2. The number of unbranched alkanes of at least 4 members (excludes halogenated alkanes) is 27. The van der Waals surface area contributed by atoms with Gasteiger partial charge in [0.25, 0.3) is 0 Å². The summed E-state index contributed by atoms with van der Waals surface area (Å²) in [5, 5.41) is 23.8. The number of nitrogens with one attached hydrogen (secondary N) is 1. The third kappa shape index (κ3) is 46.1. The molecule has 6 nitrogen and oxygen atoms in total. The van der Waals surface area contributed by atoms with Crippen molar-refractivity contribution in [1.29, 1.82) is 0 Å². The maximum Gasteiger partial charge on any atom is 0.306 e. The van der Waals surface area contributed by atoms with Gasteiger partial charge in [-0.15, -0.1) is 0 Å². The van der Waals surface area contributed by atoms with Gasteiger partial charge in [0.05, 0.1) is 25.2 Å². The van der Waals surface area contributed by atoms with Crippen LogP contribution in [-0.4, -0.2) is 46.9 Å². The quantitative estimate of drug-likeness (QED) is 0.0321. The molecule has 3 atom stereocenters. The number of aliphatic hydroxyl groups is 2. The van der Waals surface area contributed by atoms with E-state index in [0.29, 0.717) is 25.7 Å². The van der Waals surface area contributed by atoms with Crippen molar-refractivity contribution in [2.45, 2.75) is 289 Å². The van der Waals surface area contributed by atoms with Gasteiger partial charge in [-0.05, 0) is 64.2 Å². The highest BCUT2D eigenvalue weighted by Gasteiger charge is 2.24. The smallest absolute Gasteiger partial charge is 0.306 e. The summed E-state index contributed by atoms with van der Waals surface area (Å²) in [6.07, 6.45) is 64.3. The van der Waals surface area contributed by atoms with Crippen LogP contribution in [0.25, 0.3) is 0 Å². The molecule has 3 unspecified atom stereocenters. The number of carbonyl (C=O) groups excluding carboxylic acids is 2. The Morgan fingerprint density at radius 3 is 1.22 bits per heavy atom. The van der Waals surface area contributed by atoms with Crippen LogP contribution in [0.5, 0.6) is 0 Å². The summed E-state index contributed by atoms with van der Waals surface area (Å²) in [6, 6.07) is -0.712. The third-order valence-corrected chi connectivity index (χ3v) is 12.4. The lowest BCUT2D eigenvalue weighted by atomic mass is 10.0. The fraction of sp³-hybridized carbons (Fsp3) is 0.793. The molecule has 372 valence electrons. The number of carbonyl (C=O) groups is 2. The number of ether oxygens (including phenoxy) is 1. The predicted octanol–water partition coefficient (Wildman–Crippen LogP) is 16.8. The Kier molecular flexibility index (Phi) is 49.6. The molecule has 0 fully saturated rings. The van der Waals surface area contributed by atoms with E-state index in [1.165, 1.54) is 141 Å². The van der Waals surface area contributed by atoms with E-state index in [9.17, 15) is 19.8 Å². The molecule has 0 heterocycles. The van der Waals surface area contributed by atoms with Crippen LogP contribution in [0.15, 0.2) is 60.8 Å². The van der Waals surface area contributed by atoms with Crippen LogP contribution in [-0.2, 0) is 14.3 Å². The SMILES string of the molecule is CC/C=C\C/C=C\C/C=C\C/C=C\C/C=C\CCCC(=O)OC(CCCCCCCCCCCCCCCCCC)CC(=O)NC(CO)C(O)CCCCCCCCCCCCCC. The van der Waals surface area contributed by atoms with Gasteiger partial charge in [-0.2, -0.15) is 0 Å². The van der Waals surface area contributed by atoms with Gasteiger partial charge in [-0.3, -0.25) is 9.59 Å². The first-order chi connectivity index (χ1) is 31.5. The zero-order chi connectivity index (χ0) is 46.7. The molecule has 6 heteroatoms. The topological polar surface area (TPSA) is 95.9 Å². The number of rotatable bonds is 49. The van der Waals surface area contributed by atoms with E-state index >= 15 is 0 Å². The van der Waals surface area contributed by atoms with Gasteiger partial charge in [0, 0.05) is 6.42 Å². The lowest BCUT2D eigenvalue weighted by Crippen LogP contribution is -2.46. The van der Waals surface area contributed by atoms with Gasteiger partial charge in [0.2, 0.25) is 5.91 Å². The molecule has 0 aromatic heterocycles. The van der Waals surface area contributed by atoms with Gasteiger partial charge in [0.15, 0.2) is 0 Å². The van der Waals surface area contributed by atoms with E-state index in [1.807, 2.05) is 0 Å². The highest BCUT2D eigenvalue weighted by molar-refractivity contribution is 5.77. The lowest BCUT2D eigenvalue weighted by molar-refractivity contribution is -0.151. The van der Waals surface area contributed by atoms with E-state index in [0.717, 1.165) is 77.0 Å². The van der Waals surface area contributed by atoms with Gasteiger partial charge >= 0.3 is 5.97 Å². The van der Waals surface area contributed by atoms with E-state index in [1.54, 1.807) is 0 Å². The van der Waals surface area contributed by atoms with Crippen LogP contribution in [0.1, 0.15) is 271 Å². The van der Waals surface area contributed by atoms with Crippen LogP contribution in [0.3, 0.4) is 0 Å². The molecule has 0 bridgehead atoms. The Morgan fingerprint density at radius 1 is 0.469 bits per heavy atom. The van der Waals surface area contributed by atoms with Gasteiger partial charge in [-0.1, -0.05) is 255 Å². The Bertz CT molecular complexity index is 1140. The van der Waals surface area contributed by atoms with Crippen molar-refractivity contribution in [1.82, 2.24) is 5.32 Å². The zero-order valence-electron chi connectivity index (χ0n) is 42.4. The maximum atomic E-state index is 13.2. The molecule has 0 saturated heterocycles. The molecule has 0 aromatic carbocycles. The van der Waals surface area contributed by atoms with Crippen LogP contribution in [0, 0.1) is 0 Å². The van der Waals surface area contributed by atoms with Crippen LogP contribution in [0.2, 0.25) is 0 Å². The van der Waals surface area contributed by atoms with Gasteiger partial charge in [-0.25, -0.2) is 0 Å². The number of esters is 1. The third-order valence-electron chi connectivity index (χ3n) is 12.4. The largest absolute Gasteiger partial charge is 0.462 e. The number of aliphatic hydroxyl groups excluding tert-OH is 2. The molecule has 0 spiro atoms. The summed E-state index contributed by atoms with van der Waals surface area (Å²) in [5.41, 5.74) is 0. The van der Waals surface area contributed by atoms with Crippen molar-refractivity contribution >= 4 is 11.9 Å². The molecule has 0 radical (unpaired) electrons. The minimum Gasteiger partial charge on any atom is -0.462 e. The summed E-state index contributed by atoms with van der Waals surface area (Å²) in [6.45, 7) is 6.37. The second-order valence-electron chi connectivity index (χ2n) is 18.6. The number of hydrogen-bond acceptors (Lipinski definition) is 5. The Morgan fingerprint density at radius 2 is 0.828 bits per heavy atom. The van der Waals surface area contributed by atoms with Crippen molar-refractivity contribution in [3.05, 3.63) is 60.8 Å². The first kappa shape index (κ1) is 61.6. The first-order valence-electron chi connectivity index (χ1n) is 27.5. The minimum absolute atomic E-state index is 0.0566. The van der Waals surface area contributed by atoms with Crippen molar-refractivity contribution in [3.8, 4) is 0 Å². The number of amides is 1. The standard InChI is InChI=1S/C58H105NO5/c1-4-7-10-13-16-19-22-25-27-29-31-33-36-39-42-45-48-51-58(63)64-54(49-46-43-40-37-34-32-30-28-26-23-20-17-14-11-8-5-2)52-57(62)59-55(53-60)56(61)50-47-44-41-38-35-24-21-18-15-12-9-6-3/h7,10,16,19,25,27,31,33,39,42,54-56,60-61H,4-6,8-9,11-15,17-18,20-24,26,28-30,32,34-38,40-41,43-53H2,1-3H3,(H,59,62)/b10-7-,19-16-,27-25-,33-31-,42-39-. The van der Waals surface area contributed by atoms with E-state index in [2.05, 4.69) is 86.8 Å². The van der Waals surface area contributed by atoms with Crippen molar-refractivity contribution < 1.29 is 24.5 Å². The van der Waals surface area contributed by atoms with Crippen molar-refractivity contribution in [3.63, 3.8) is 0 Å². The monoisotopic (exact) mass is 896 g/mol. The Balaban J connectivity index is 4.65. The number of allylic oxidation sites excluding steroid dienone is 10. The van der Waals surface area contributed by atoms with Crippen LogP contribution < -0.4 is 5.32 Å². The molecule has 64 heavy (non-hydrogen) atoms. The molecule has 0 saturated carbocycles. The van der Waals surface area contributed by atoms with Gasteiger partial charge < -0.3 is 20.3 Å². The first-order valence-corrected chi connectivity index (χ1v) is 27.5. The molecule has 0 aliphatic heterocycles. The molecular weight excluding hydrogens is 791 g/mol. The normalized spacial score (nSPS) is 13.6. The molecule has 0 aromatic rings. The predicted molar refractivity (Wildman–Crippen MR) is 278 cm³/mol. The zero-order valence-corrected chi connectivity index (χ0v) is 42.4. The molecule has 1 amide bonds. The maximum absolute atomic E-state index is 13.2. The average Bonchev–Trinajstić information content (AvgIpc) is 3.29. The molecule has 0 aliphatic carbocycles. The second kappa shape index (κ2) is 51.5. The Hall–Kier alpha value is -2.44. The van der Waals surface area contributed by atoms with Crippen LogP contribution in [0.4, 0.5) is 0 Å². The van der Waals surface area contributed by atoms with Gasteiger partial charge in [0.1, 0.15) is 6.10 Å². The van der Waals surface area contributed by atoms with E-state index < -0.39 is 18.2 Å². The van der Waals surface area contributed by atoms with Crippen LogP contribution >= 0.6 is 0 Å². The molecule has 3 N–H and O–H groups in total. The summed E-state index contributed by atoms with van der Waals surface area (Å²) < 4.78 is 5.93. The summed E-state index contributed by atoms with van der Waals surface area (Å²) in [5.74, 6) is -0.534. The fourth-order valence-electron chi connectivity index (χ4n) is 8.23.